The molecule has 0 amide bonds. The Balaban J connectivity index is 2.59. The van der Waals surface area contributed by atoms with Crippen LogP contribution in [0.3, 0.4) is 0 Å². The van der Waals surface area contributed by atoms with Crippen molar-refractivity contribution in [2.24, 2.45) is 5.41 Å². The van der Waals surface area contributed by atoms with Gasteiger partial charge in [-0.3, -0.25) is 4.21 Å². The molecule has 2 N–H and O–H groups in total. The van der Waals surface area contributed by atoms with Crippen molar-refractivity contribution in [3.8, 4) is 0 Å². The minimum absolute atomic E-state index is 0.309. The van der Waals surface area contributed by atoms with Crippen LogP contribution in [0.15, 0.2) is 23.1 Å². The number of rotatable bonds is 4. The van der Waals surface area contributed by atoms with E-state index in [4.69, 9.17) is 5.73 Å². The minimum atomic E-state index is -0.963. The van der Waals surface area contributed by atoms with Gasteiger partial charge in [0, 0.05) is 11.4 Å². The van der Waals surface area contributed by atoms with Crippen molar-refractivity contribution in [1.82, 2.24) is 0 Å². The van der Waals surface area contributed by atoms with Gasteiger partial charge in [0.1, 0.15) is 0 Å². The molecule has 0 spiro atoms. The molecule has 0 aliphatic heterocycles. The van der Waals surface area contributed by atoms with E-state index in [-0.39, 0.29) is 0 Å². The smallest absolute Gasteiger partial charge is 0.0617 e. The zero-order valence-corrected chi connectivity index (χ0v) is 12.1. The van der Waals surface area contributed by atoms with Gasteiger partial charge in [0.2, 0.25) is 0 Å². The number of anilines is 1. The lowest BCUT2D eigenvalue weighted by Gasteiger charge is -2.17. The molecule has 1 unspecified atom stereocenters. The lowest BCUT2D eigenvalue weighted by molar-refractivity contribution is 0.374. The lowest BCUT2D eigenvalue weighted by Crippen LogP contribution is -2.08. The summed E-state index contributed by atoms with van der Waals surface area (Å²) < 4.78 is 12.1. The minimum Gasteiger partial charge on any atom is -0.398 e. The monoisotopic (exact) mass is 253 g/mol. The average molecular weight is 253 g/mol. The Morgan fingerprint density at radius 3 is 2.47 bits per heavy atom. The van der Waals surface area contributed by atoms with Crippen LogP contribution in [-0.2, 0) is 10.8 Å². The molecular weight excluding hydrogens is 230 g/mol. The van der Waals surface area contributed by atoms with E-state index in [0.29, 0.717) is 16.9 Å². The summed E-state index contributed by atoms with van der Waals surface area (Å²) in [5.74, 6) is 0.699. The molecule has 0 bridgehead atoms. The van der Waals surface area contributed by atoms with Gasteiger partial charge < -0.3 is 5.73 Å². The number of nitrogen functional groups attached to an aromatic ring is 1. The molecule has 17 heavy (non-hydrogen) atoms. The maximum absolute atomic E-state index is 12.1. The van der Waals surface area contributed by atoms with E-state index in [1.807, 2.05) is 25.1 Å². The van der Waals surface area contributed by atoms with Crippen LogP contribution in [0.25, 0.3) is 0 Å². The topological polar surface area (TPSA) is 43.1 Å². The molecule has 0 fully saturated rings. The molecule has 1 rings (SSSR count). The zero-order valence-electron chi connectivity index (χ0n) is 11.2. The highest BCUT2D eigenvalue weighted by atomic mass is 32.2. The van der Waals surface area contributed by atoms with E-state index < -0.39 is 10.8 Å². The van der Waals surface area contributed by atoms with Gasteiger partial charge in [0.25, 0.3) is 0 Å². The van der Waals surface area contributed by atoms with Crippen molar-refractivity contribution in [3.05, 3.63) is 23.8 Å². The summed E-state index contributed by atoms with van der Waals surface area (Å²) in [6, 6.07) is 5.74. The third-order valence-corrected chi connectivity index (χ3v) is 4.19. The van der Waals surface area contributed by atoms with E-state index in [2.05, 4.69) is 20.8 Å². The second-order valence-corrected chi connectivity index (χ2v) is 7.29. The Hall–Kier alpha value is -0.830. The van der Waals surface area contributed by atoms with Crippen molar-refractivity contribution in [2.45, 2.75) is 45.4 Å². The molecule has 1 atom stereocenters. The molecule has 1 aromatic rings. The summed E-state index contributed by atoms with van der Waals surface area (Å²) in [6.07, 6.45) is 2.06. The fourth-order valence-corrected chi connectivity index (χ4v) is 2.89. The summed E-state index contributed by atoms with van der Waals surface area (Å²) in [4.78, 5) is 0.782. The van der Waals surface area contributed by atoms with Crippen molar-refractivity contribution in [3.63, 3.8) is 0 Å². The Bertz CT molecular complexity index is 407. The standard InChI is InChI=1S/C14H23NOS/c1-11-6-7-13(12(15)10-11)17(16)9-5-8-14(2,3)4/h6-7,10H,5,8-9,15H2,1-4H3. The maximum atomic E-state index is 12.1. The van der Waals surface area contributed by atoms with Gasteiger partial charge in [-0.25, -0.2) is 0 Å². The van der Waals surface area contributed by atoms with Gasteiger partial charge in [0.15, 0.2) is 0 Å². The van der Waals surface area contributed by atoms with Gasteiger partial charge in [-0.2, -0.15) is 0 Å². The second kappa shape index (κ2) is 5.67. The number of hydrogen-bond acceptors (Lipinski definition) is 2. The Kier molecular flexibility index (Phi) is 4.75. The van der Waals surface area contributed by atoms with Crippen LogP contribution in [0, 0.1) is 12.3 Å². The fraction of sp³-hybridized carbons (Fsp3) is 0.571. The predicted molar refractivity (Wildman–Crippen MR) is 75.6 cm³/mol. The number of aryl methyl sites for hydroxylation is 1. The van der Waals surface area contributed by atoms with E-state index in [1.165, 1.54) is 0 Å². The van der Waals surface area contributed by atoms with Crippen LogP contribution in [-0.4, -0.2) is 9.96 Å². The Morgan fingerprint density at radius 2 is 1.94 bits per heavy atom. The Labute approximate surface area is 107 Å². The van der Waals surface area contributed by atoms with Crippen LogP contribution < -0.4 is 5.73 Å². The van der Waals surface area contributed by atoms with Crippen LogP contribution in [0.1, 0.15) is 39.2 Å². The summed E-state index contributed by atoms with van der Waals surface area (Å²) in [6.45, 7) is 8.60. The zero-order chi connectivity index (χ0) is 13.1. The molecule has 0 aromatic heterocycles. The fourth-order valence-electron chi connectivity index (χ4n) is 1.72. The highest BCUT2D eigenvalue weighted by Crippen LogP contribution is 2.23. The van der Waals surface area contributed by atoms with E-state index in [1.54, 1.807) is 0 Å². The van der Waals surface area contributed by atoms with Crippen LogP contribution in [0.2, 0.25) is 0 Å². The van der Waals surface area contributed by atoms with Crippen molar-refractivity contribution in [1.29, 1.82) is 0 Å². The summed E-state index contributed by atoms with van der Waals surface area (Å²) >= 11 is 0. The summed E-state index contributed by atoms with van der Waals surface area (Å²) in [5.41, 5.74) is 7.96. The SMILES string of the molecule is Cc1ccc(S(=O)CCCC(C)(C)C)c(N)c1. The number of hydrogen-bond donors (Lipinski definition) is 1. The first-order chi connectivity index (χ1) is 7.79. The van der Waals surface area contributed by atoms with Gasteiger partial charge in [-0.05, 0) is 42.9 Å². The quantitative estimate of drug-likeness (QED) is 0.834. The summed E-state index contributed by atoms with van der Waals surface area (Å²) in [5, 5.41) is 0. The highest BCUT2D eigenvalue weighted by Gasteiger charge is 2.12. The van der Waals surface area contributed by atoms with Crippen LogP contribution in [0.4, 0.5) is 5.69 Å². The summed E-state index contributed by atoms with van der Waals surface area (Å²) in [7, 11) is -0.963. The number of benzene rings is 1. The second-order valence-electron chi connectivity index (χ2n) is 5.76. The molecule has 3 heteroatoms. The molecule has 2 nitrogen and oxygen atoms in total. The van der Waals surface area contributed by atoms with E-state index in [9.17, 15) is 4.21 Å². The molecule has 1 aromatic carbocycles. The molecule has 0 aliphatic rings. The first kappa shape index (κ1) is 14.2. The van der Waals surface area contributed by atoms with Crippen LogP contribution >= 0.6 is 0 Å². The predicted octanol–water partition coefficient (Wildman–Crippen LogP) is 3.51. The third kappa shape index (κ3) is 4.90. The first-order valence-electron chi connectivity index (χ1n) is 6.04. The normalized spacial score (nSPS) is 13.6. The van der Waals surface area contributed by atoms with Crippen LogP contribution in [0.5, 0.6) is 0 Å². The molecule has 0 saturated carbocycles. The first-order valence-corrected chi connectivity index (χ1v) is 7.36. The largest absolute Gasteiger partial charge is 0.398 e. The van der Waals surface area contributed by atoms with E-state index >= 15 is 0 Å². The van der Waals surface area contributed by atoms with E-state index in [0.717, 1.165) is 23.3 Å². The molecule has 0 heterocycles. The van der Waals surface area contributed by atoms with Crippen molar-refractivity contribution < 1.29 is 4.21 Å². The van der Waals surface area contributed by atoms with Gasteiger partial charge in [0.05, 0.1) is 15.7 Å². The van der Waals surface area contributed by atoms with Crippen molar-refractivity contribution in [2.75, 3.05) is 11.5 Å². The van der Waals surface area contributed by atoms with Crippen molar-refractivity contribution >= 4 is 16.5 Å². The molecular formula is C14H23NOS. The molecule has 0 radical (unpaired) electrons. The lowest BCUT2D eigenvalue weighted by atomic mass is 9.91. The average Bonchev–Trinajstić information content (AvgIpc) is 2.15. The Morgan fingerprint density at radius 1 is 1.29 bits per heavy atom. The molecule has 0 saturated heterocycles. The number of nitrogens with two attached hydrogens (primary N) is 1. The van der Waals surface area contributed by atoms with Gasteiger partial charge >= 0.3 is 0 Å². The third-order valence-electron chi connectivity index (χ3n) is 2.67. The van der Waals surface area contributed by atoms with Gasteiger partial charge in [-0.15, -0.1) is 0 Å². The van der Waals surface area contributed by atoms with Gasteiger partial charge in [-0.1, -0.05) is 26.8 Å². The maximum Gasteiger partial charge on any atom is 0.0617 e. The molecule has 0 aliphatic carbocycles. The molecule has 96 valence electrons. The highest BCUT2D eigenvalue weighted by molar-refractivity contribution is 7.85.